The van der Waals surface area contributed by atoms with Crippen LogP contribution in [0.5, 0.6) is 0 Å². The van der Waals surface area contributed by atoms with Crippen LogP contribution in [0.15, 0.2) is 24.3 Å². The van der Waals surface area contributed by atoms with E-state index in [1.54, 1.807) is 12.1 Å². The minimum atomic E-state index is -0.234. The lowest BCUT2D eigenvalue weighted by atomic mass is 9.92. The third-order valence-corrected chi connectivity index (χ3v) is 2.35. The third kappa shape index (κ3) is 3.98. The van der Waals surface area contributed by atoms with Crippen LogP contribution in [0.25, 0.3) is 0 Å². The second-order valence-corrected chi connectivity index (χ2v) is 4.59. The number of benzene rings is 1. The van der Waals surface area contributed by atoms with E-state index in [0.29, 0.717) is 0 Å². The van der Waals surface area contributed by atoms with E-state index in [9.17, 15) is 4.39 Å². The molecule has 3 heteroatoms. The van der Waals surface area contributed by atoms with E-state index in [4.69, 9.17) is 5.73 Å². The molecule has 0 saturated heterocycles. The van der Waals surface area contributed by atoms with E-state index in [2.05, 4.69) is 5.32 Å². The molecule has 0 fully saturated rings. The lowest BCUT2D eigenvalue weighted by Gasteiger charge is -2.26. The Morgan fingerprint density at radius 2 is 1.87 bits per heavy atom. The van der Waals surface area contributed by atoms with Gasteiger partial charge in [0, 0.05) is 11.6 Å². The van der Waals surface area contributed by atoms with Crippen LogP contribution in [0.3, 0.4) is 0 Å². The first-order valence-corrected chi connectivity index (χ1v) is 5.14. The van der Waals surface area contributed by atoms with Gasteiger partial charge in [0.05, 0.1) is 0 Å². The van der Waals surface area contributed by atoms with Gasteiger partial charge in [-0.3, -0.25) is 0 Å². The van der Waals surface area contributed by atoms with Gasteiger partial charge < -0.3 is 11.1 Å². The Morgan fingerprint density at radius 3 is 2.27 bits per heavy atom. The summed E-state index contributed by atoms with van der Waals surface area (Å²) in [7, 11) is 1.89. The molecule has 84 valence electrons. The fourth-order valence-corrected chi connectivity index (χ4v) is 1.61. The Labute approximate surface area is 90.7 Å². The third-order valence-electron chi connectivity index (χ3n) is 2.35. The van der Waals surface area contributed by atoms with E-state index in [1.807, 2.05) is 20.9 Å². The van der Waals surface area contributed by atoms with Gasteiger partial charge in [0.15, 0.2) is 0 Å². The smallest absolute Gasteiger partial charge is 0.123 e. The molecule has 1 atom stereocenters. The molecule has 15 heavy (non-hydrogen) atoms. The standard InChI is InChI=1S/C12H19FN2/c1-12(2,14)8-11(15-3)9-4-6-10(13)7-5-9/h4-7,11,15H,8,14H2,1-3H3. The molecule has 0 aromatic heterocycles. The van der Waals surface area contributed by atoms with Gasteiger partial charge in [0.25, 0.3) is 0 Å². The van der Waals surface area contributed by atoms with Crippen molar-refractivity contribution in [2.45, 2.75) is 31.8 Å². The first kappa shape index (κ1) is 12.1. The van der Waals surface area contributed by atoms with Gasteiger partial charge in [-0.15, -0.1) is 0 Å². The normalized spacial score (nSPS) is 13.9. The molecule has 0 heterocycles. The van der Waals surface area contributed by atoms with E-state index < -0.39 is 0 Å². The Bertz CT molecular complexity index is 300. The molecule has 1 unspecified atom stereocenters. The number of rotatable bonds is 4. The molecule has 0 amide bonds. The molecule has 0 bridgehead atoms. The maximum Gasteiger partial charge on any atom is 0.123 e. The first-order chi connectivity index (χ1) is 6.92. The second kappa shape index (κ2) is 4.73. The second-order valence-electron chi connectivity index (χ2n) is 4.59. The van der Waals surface area contributed by atoms with E-state index in [-0.39, 0.29) is 17.4 Å². The topological polar surface area (TPSA) is 38.0 Å². The summed E-state index contributed by atoms with van der Waals surface area (Å²) in [5.41, 5.74) is 6.80. The Morgan fingerprint density at radius 1 is 1.33 bits per heavy atom. The van der Waals surface area contributed by atoms with Crippen molar-refractivity contribution in [2.75, 3.05) is 7.05 Å². The predicted octanol–water partition coefficient (Wildman–Crippen LogP) is 2.21. The zero-order valence-electron chi connectivity index (χ0n) is 9.55. The SMILES string of the molecule is CNC(CC(C)(C)N)c1ccc(F)cc1. The monoisotopic (exact) mass is 210 g/mol. The predicted molar refractivity (Wildman–Crippen MR) is 61.1 cm³/mol. The molecule has 0 aliphatic carbocycles. The van der Waals surface area contributed by atoms with E-state index in [1.165, 1.54) is 12.1 Å². The van der Waals surface area contributed by atoms with Crippen molar-refractivity contribution in [3.05, 3.63) is 35.6 Å². The Kier molecular flexibility index (Phi) is 3.83. The summed E-state index contributed by atoms with van der Waals surface area (Å²) in [6, 6.07) is 6.71. The van der Waals surface area contributed by atoms with E-state index in [0.717, 1.165) is 12.0 Å². The maximum absolute atomic E-state index is 12.7. The molecule has 2 nitrogen and oxygen atoms in total. The Balaban J connectivity index is 2.79. The molecule has 3 N–H and O–H groups in total. The average molecular weight is 210 g/mol. The molecule has 0 aliphatic rings. The fourth-order valence-electron chi connectivity index (χ4n) is 1.61. The summed E-state index contributed by atoms with van der Waals surface area (Å²) in [5, 5.41) is 3.19. The van der Waals surface area contributed by atoms with Crippen LogP contribution in [-0.2, 0) is 0 Å². The molecule has 0 radical (unpaired) electrons. The fraction of sp³-hybridized carbons (Fsp3) is 0.500. The molecule has 0 spiro atoms. The number of nitrogens with one attached hydrogen (secondary N) is 1. The van der Waals surface area contributed by atoms with Crippen molar-refractivity contribution < 1.29 is 4.39 Å². The van der Waals surface area contributed by atoms with Crippen LogP contribution < -0.4 is 11.1 Å². The van der Waals surface area contributed by atoms with Crippen molar-refractivity contribution in [1.29, 1.82) is 0 Å². The quantitative estimate of drug-likeness (QED) is 0.799. The molecular weight excluding hydrogens is 191 g/mol. The zero-order valence-corrected chi connectivity index (χ0v) is 9.55. The number of nitrogens with two attached hydrogens (primary N) is 1. The highest BCUT2D eigenvalue weighted by Crippen LogP contribution is 2.22. The van der Waals surface area contributed by atoms with Gasteiger partial charge in [0.2, 0.25) is 0 Å². The zero-order chi connectivity index (χ0) is 11.5. The summed E-state index contributed by atoms with van der Waals surface area (Å²) in [5.74, 6) is -0.208. The highest BCUT2D eigenvalue weighted by Gasteiger charge is 2.18. The number of hydrogen-bond donors (Lipinski definition) is 2. The molecule has 0 aliphatic heterocycles. The molecule has 0 saturated carbocycles. The summed E-state index contributed by atoms with van der Waals surface area (Å²) in [4.78, 5) is 0. The largest absolute Gasteiger partial charge is 0.325 e. The van der Waals surface area contributed by atoms with Crippen LogP contribution in [0, 0.1) is 5.82 Å². The summed E-state index contributed by atoms with van der Waals surface area (Å²) < 4.78 is 12.7. The van der Waals surface area contributed by atoms with Crippen LogP contribution in [0.4, 0.5) is 4.39 Å². The van der Waals surface area contributed by atoms with Gasteiger partial charge >= 0.3 is 0 Å². The van der Waals surface area contributed by atoms with Crippen LogP contribution >= 0.6 is 0 Å². The van der Waals surface area contributed by atoms with Crippen molar-refractivity contribution in [1.82, 2.24) is 5.32 Å². The van der Waals surface area contributed by atoms with Crippen molar-refractivity contribution in [3.63, 3.8) is 0 Å². The van der Waals surface area contributed by atoms with E-state index >= 15 is 0 Å². The lowest BCUT2D eigenvalue weighted by molar-refractivity contribution is 0.395. The highest BCUT2D eigenvalue weighted by atomic mass is 19.1. The molecule has 1 aromatic rings. The minimum absolute atomic E-state index is 0.172. The van der Waals surface area contributed by atoms with Gasteiger partial charge in [-0.2, -0.15) is 0 Å². The maximum atomic E-state index is 12.7. The summed E-state index contributed by atoms with van der Waals surface area (Å²) in [6.07, 6.45) is 0.815. The summed E-state index contributed by atoms with van der Waals surface area (Å²) >= 11 is 0. The van der Waals surface area contributed by atoms with Crippen LogP contribution in [-0.4, -0.2) is 12.6 Å². The highest BCUT2D eigenvalue weighted by molar-refractivity contribution is 5.20. The Hall–Kier alpha value is -0.930. The molecule has 1 rings (SSSR count). The van der Waals surface area contributed by atoms with Crippen molar-refractivity contribution in [2.24, 2.45) is 5.73 Å². The lowest BCUT2D eigenvalue weighted by Crippen LogP contribution is -2.36. The van der Waals surface area contributed by atoms with Crippen molar-refractivity contribution in [3.8, 4) is 0 Å². The van der Waals surface area contributed by atoms with Crippen LogP contribution in [0.1, 0.15) is 31.9 Å². The van der Waals surface area contributed by atoms with Gasteiger partial charge in [-0.1, -0.05) is 12.1 Å². The van der Waals surface area contributed by atoms with Gasteiger partial charge in [0.1, 0.15) is 5.82 Å². The van der Waals surface area contributed by atoms with Crippen LogP contribution in [0.2, 0.25) is 0 Å². The molecular formula is C12H19FN2. The summed E-state index contributed by atoms with van der Waals surface area (Å²) in [6.45, 7) is 3.97. The van der Waals surface area contributed by atoms with Gasteiger partial charge in [-0.05, 0) is 45.0 Å². The minimum Gasteiger partial charge on any atom is -0.325 e. The number of halogens is 1. The van der Waals surface area contributed by atoms with Gasteiger partial charge in [-0.25, -0.2) is 4.39 Å². The first-order valence-electron chi connectivity index (χ1n) is 5.14. The molecule has 1 aromatic carbocycles. The van der Waals surface area contributed by atoms with Crippen molar-refractivity contribution >= 4 is 0 Å². The average Bonchev–Trinajstić information content (AvgIpc) is 2.14. The number of hydrogen-bond acceptors (Lipinski definition) is 2.